The minimum absolute atomic E-state index is 0.409. The molecule has 5 heteroatoms. The predicted molar refractivity (Wildman–Crippen MR) is 58.5 cm³/mol. The monoisotopic (exact) mass is 303 g/mol. The highest BCUT2D eigenvalue weighted by atomic mass is 127. The number of nitrogens with zero attached hydrogens (tertiary/aromatic N) is 2. The van der Waals surface area contributed by atoms with E-state index in [1.165, 1.54) is 6.20 Å². The van der Waals surface area contributed by atoms with Gasteiger partial charge in [-0.25, -0.2) is 4.98 Å². The van der Waals surface area contributed by atoms with E-state index in [9.17, 15) is 0 Å². The summed E-state index contributed by atoms with van der Waals surface area (Å²) >= 11 is 8.15. The molecule has 0 aliphatic rings. The molecule has 0 spiro atoms. The van der Waals surface area contributed by atoms with Crippen molar-refractivity contribution in [2.75, 3.05) is 0 Å². The smallest absolute Gasteiger partial charge is 0.139 e. The van der Waals surface area contributed by atoms with Gasteiger partial charge < -0.3 is 4.98 Å². The third-order valence-corrected chi connectivity index (χ3v) is 2.95. The molecular weight excluding hydrogens is 300 g/mol. The van der Waals surface area contributed by atoms with Gasteiger partial charge in [0.25, 0.3) is 0 Å². The van der Waals surface area contributed by atoms with Gasteiger partial charge in [0.1, 0.15) is 11.7 Å². The van der Waals surface area contributed by atoms with Gasteiger partial charge in [-0.3, -0.25) is 0 Å². The van der Waals surface area contributed by atoms with Crippen molar-refractivity contribution in [2.45, 2.75) is 0 Å². The molecule has 0 aliphatic carbocycles. The Morgan fingerprint density at radius 2 is 2.38 bits per heavy atom. The van der Waals surface area contributed by atoms with Crippen molar-refractivity contribution in [3.05, 3.63) is 26.5 Å². The van der Waals surface area contributed by atoms with Gasteiger partial charge in [-0.05, 0) is 22.6 Å². The lowest BCUT2D eigenvalue weighted by atomic mass is 10.2. The van der Waals surface area contributed by atoms with Crippen LogP contribution in [0.5, 0.6) is 0 Å². The second-order valence-electron chi connectivity index (χ2n) is 2.46. The summed E-state index contributed by atoms with van der Waals surface area (Å²) in [6.45, 7) is 0. The molecule has 2 aromatic rings. The van der Waals surface area contributed by atoms with Crippen molar-refractivity contribution >= 4 is 45.2 Å². The second kappa shape index (κ2) is 3.16. The topological polar surface area (TPSA) is 52.5 Å². The molecule has 64 valence electrons. The molecule has 13 heavy (non-hydrogen) atoms. The Bertz CT molecular complexity index is 512. The van der Waals surface area contributed by atoms with E-state index >= 15 is 0 Å². The van der Waals surface area contributed by atoms with Crippen LogP contribution in [0, 0.1) is 14.9 Å². The van der Waals surface area contributed by atoms with Crippen LogP contribution in [0.1, 0.15) is 5.56 Å². The molecule has 0 radical (unpaired) electrons. The Labute approximate surface area is 92.9 Å². The van der Waals surface area contributed by atoms with Gasteiger partial charge in [-0.15, -0.1) is 0 Å². The van der Waals surface area contributed by atoms with Crippen molar-refractivity contribution in [2.24, 2.45) is 0 Å². The van der Waals surface area contributed by atoms with Crippen LogP contribution in [0.25, 0.3) is 11.0 Å². The molecule has 0 amide bonds. The lowest BCUT2D eigenvalue weighted by Crippen LogP contribution is -1.83. The van der Waals surface area contributed by atoms with Crippen molar-refractivity contribution in [1.82, 2.24) is 9.97 Å². The first-order chi connectivity index (χ1) is 6.24. The first-order valence-corrected chi connectivity index (χ1v) is 4.91. The Balaban J connectivity index is 2.93. The molecule has 0 atom stereocenters. The zero-order valence-corrected chi connectivity index (χ0v) is 9.22. The highest BCUT2D eigenvalue weighted by Crippen LogP contribution is 2.28. The van der Waals surface area contributed by atoms with E-state index in [1.54, 1.807) is 0 Å². The van der Waals surface area contributed by atoms with E-state index in [-0.39, 0.29) is 0 Å². The summed E-state index contributed by atoms with van der Waals surface area (Å²) in [5.74, 6) is 0. The van der Waals surface area contributed by atoms with Gasteiger partial charge in [0.15, 0.2) is 0 Å². The van der Waals surface area contributed by atoms with E-state index in [0.29, 0.717) is 16.2 Å². The maximum atomic E-state index is 8.72. The Kier molecular flexibility index (Phi) is 2.14. The Morgan fingerprint density at radius 3 is 3.08 bits per heavy atom. The number of pyridine rings is 1. The second-order valence-corrected chi connectivity index (χ2v) is 4.00. The van der Waals surface area contributed by atoms with E-state index in [1.807, 2.05) is 12.3 Å². The molecule has 2 rings (SSSR count). The van der Waals surface area contributed by atoms with Gasteiger partial charge in [-0.1, -0.05) is 11.6 Å². The molecule has 0 saturated carbocycles. The molecule has 0 aromatic carbocycles. The average molecular weight is 303 g/mol. The number of fused-ring (bicyclic) bond motifs is 1. The number of hydrogen-bond acceptors (Lipinski definition) is 2. The maximum Gasteiger partial charge on any atom is 0.139 e. The minimum Gasteiger partial charge on any atom is -0.345 e. The van der Waals surface area contributed by atoms with Crippen LogP contribution < -0.4 is 0 Å². The fourth-order valence-electron chi connectivity index (χ4n) is 1.10. The van der Waals surface area contributed by atoms with Crippen LogP contribution in [0.4, 0.5) is 0 Å². The number of aromatic nitrogens is 2. The van der Waals surface area contributed by atoms with Crippen LogP contribution in [0.3, 0.4) is 0 Å². The van der Waals surface area contributed by atoms with Crippen LogP contribution >= 0.6 is 34.2 Å². The number of rotatable bonds is 0. The van der Waals surface area contributed by atoms with Crippen LogP contribution in [0.15, 0.2) is 12.4 Å². The predicted octanol–water partition coefficient (Wildman–Crippen LogP) is 2.69. The van der Waals surface area contributed by atoms with Crippen molar-refractivity contribution in [3.63, 3.8) is 0 Å². The van der Waals surface area contributed by atoms with E-state index in [2.05, 4.69) is 32.6 Å². The largest absolute Gasteiger partial charge is 0.345 e. The molecule has 0 aliphatic heterocycles. The zero-order valence-electron chi connectivity index (χ0n) is 6.31. The Hall–Kier alpha value is -0.800. The van der Waals surface area contributed by atoms with Crippen molar-refractivity contribution in [1.29, 1.82) is 5.26 Å². The van der Waals surface area contributed by atoms with Crippen molar-refractivity contribution in [3.8, 4) is 6.07 Å². The maximum absolute atomic E-state index is 8.72. The molecular formula is C8H3ClIN3. The van der Waals surface area contributed by atoms with E-state index in [0.717, 1.165) is 8.96 Å². The van der Waals surface area contributed by atoms with Crippen molar-refractivity contribution < 1.29 is 0 Å². The third kappa shape index (κ3) is 1.28. The number of aromatic amines is 1. The number of nitrogens with one attached hydrogen (secondary N) is 1. The van der Waals surface area contributed by atoms with Gasteiger partial charge in [0.2, 0.25) is 0 Å². The first-order valence-electron chi connectivity index (χ1n) is 3.45. The summed E-state index contributed by atoms with van der Waals surface area (Å²) in [4.78, 5) is 7.03. The molecule has 0 bridgehead atoms. The molecule has 2 heterocycles. The highest BCUT2D eigenvalue weighted by Gasteiger charge is 2.10. The van der Waals surface area contributed by atoms with E-state index < -0.39 is 0 Å². The summed E-state index contributed by atoms with van der Waals surface area (Å²) in [5, 5.41) is 10.0. The van der Waals surface area contributed by atoms with E-state index in [4.69, 9.17) is 16.9 Å². The quantitative estimate of drug-likeness (QED) is 0.761. The molecule has 1 N–H and O–H groups in total. The lowest BCUT2D eigenvalue weighted by molar-refractivity contribution is 1.31. The standard InChI is InChI=1S/C8H3ClIN3/c9-7-4(1-11)2-12-8-6(7)5(10)3-13-8/h2-3H,(H,12,13). The van der Waals surface area contributed by atoms with Crippen LogP contribution in [0.2, 0.25) is 5.02 Å². The fraction of sp³-hybridized carbons (Fsp3) is 0. The summed E-state index contributed by atoms with van der Waals surface area (Å²) < 4.78 is 0.974. The van der Waals surface area contributed by atoms with Gasteiger partial charge in [-0.2, -0.15) is 5.26 Å². The number of hydrogen-bond donors (Lipinski definition) is 1. The van der Waals surface area contributed by atoms with Crippen LogP contribution in [-0.2, 0) is 0 Å². The summed E-state index contributed by atoms with van der Waals surface area (Å²) in [7, 11) is 0. The highest BCUT2D eigenvalue weighted by molar-refractivity contribution is 14.1. The number of H-pyrrole nitrogens is 1. The number of nitriles is 1. The summed E-state index contributed by atoms with van der Waals surface area (Å²) in [6, 6.07) is 1.99. The molecule has 2 aromatic heterocycles. The van der Waals surface area contributed by atoms with Crippen LogP contribution in [-0.4, -0.2) is 9.97 Å². The lowest BCUT2D eigenvalue weighted by Gasteiger charge is -1.95. The summed E-state index contributed by atoms with van der Waals surface area (Å²) in [6.07, 6.45) is 3.28. The molecule has 0 saturated heterocycles. The average Bonchev–Trinajstić information content (AvgIpc) is 2.49. The number of halogens is 2. The summed E-state index contributed by atoms with van der Waals surface area (Å²) in [5.41, 5.74) is 1.13. The third-order valence-electron chi connectivity index (χ3n) is 1.71. The normalized spacial score (nSPS) is 10.2. The first kappa shape index (κ1) is 8.78. The molecule has 3 nitrogen and oxygen atoms in total. The van der Waals surface area contributed by atoms with Gasteiger partial charge in [0.05, 0.1) is 16.0 Å². The van der Waals surface area contributed by atoms with Gasteiger partial charge in [0, 0.05) is 16.0 Å². The molecule has 0 unspecified atom stereocenters. The zero-order chi connectivity index (χ0) is 9.42. The van der Waals surface area contributed by atoms with Gasteiger partial charge >= 0.3 is 0 Å². The fourth-order valence-corrected chi connectivity index (χ4v) is 2.22. The minimum atomic E-state index is 0.409. The SMILES string of the molecule is N#Cc1cnc2[nH]cc(I)c2c1Cl. The Morgan fingerprint density at radius 1 is 1.62 bits per heavy atom. The molecule has 0 fully saturated rings.